The van der Waals surface area contributed by atoms with Crippen LogP contribution in [0.25, 0.3) is 0 Å². The smallest absolute Gasteiger partial charge is 0.343 e. The van der Waals surface area contributed by atoms with Crippen LogP contribution in [0.3, 0.4) is 0 Å². The van der Waals surface area contributed by atoms with Crippen molar-refractivity contribution in [3.63, 3.8) is 0 Å². The molecule has 0 bridgehead atoms. The van der Waals surface area contributed by atoms with Crippen molar-refractivity contribution in [1.29, 1.82) is 0 Å². The molecule has 1 atom stereocenters. The summed E-state index contributed by atoms with van der Waals surface area (Å²) < 4.78 is 10.3. The average Bonchev–Trinajstić information content (AvgIpc) is 2.55. The lowest BCUT2D eigenvalue weighted by molar-refractivity contribution is 0.0734. The molecule has 0 spiro atoms. The molecule has 0 radical (unpaired) electrons. The van der Waals surface area contributed by atoms with Crippen molar-refractivity contribution in [2.45, 2.75) is 6.10 Å². The van der Waals surface area contributed by atoms with Crippen LogP contribution in [0.5, 0.6) is 11.5 Å². The van der Waals surface area contributed by atoms with Gasteiger partial charge in [0.05, 0.1) is 12.7 Å². The van der Waals surface area contributed by atoms with Crippen LogP contribution >= 0.6 is 0 Å². The van der Waals surface area contributed by atoms with E-state index in [2.05, 4.69) is 5.92 Å². The van der Waals surface area contributed by atoms with Crippen molar-refractivity contribution in [2.75, 3.05) is 7.11 Å². The summed E-state index contributed by atoms with van der Waals surface area (Å²) in [5.41, 5.74) is 0.928. The van der Waals surface area contributed by atoms with Gasteiger partial charge in [-0.25, -0.2) is 4.79 Å². The Bertz CT molecular complexity index is 651. The first kappa shape index (κ1) is 14.6. The summed E-state index contributed by atoms with van der Waals surface area (Å²) in [7, 11) is 1.56. The molecular formula is C17H14O4. The molecule has 1 N–H and O–H groups in total. The Morgan fingerprint density at radius 1 is 1.10 bits per heavy atom. The Morgan fingerprint density at radius 3 is 2.19 bits per heavy atom. The average molecular weight is 282 g/mol. The van der Waals surface area contributed by atoms with Crippen LogP contribution in [0.2, 0.25) is 0 Å². The first-order valence-corrected chi connectivity index (χ1v) is 6.24. The molecule has 2 aromatic rings. The van der Waals surface area contributed by atoms with Crippen molar-refractivity contribution >= 4 is 5.97 Å². The number of aliphatic hydroxyl groups excluding tert-OH is 1. The zero-order chi connectivity index (χ0) is 15.2. The summed E-state index contributed by atoms with van der Waals surface area (Å²) in [6, 6.07) is 13.0. The van der Waals surface area contributed by atoms with Gasteiger partial charge in [-0.15, -0.1) is 6.42 Å². The Hall–Kier alpha value is -2.77. The van der Waals surface area contributed by atoms with Crippen molar-refractivity contribution in [3.8, 4) is 23.8 Å². The zero-order valence-electron chi connectivity index (χ0n) is 11.4. The Morgan fingerprint density at radius 2 is 1.67 bits per heavy atom. The monoisotopic (exact) mass is 282 g/mol. The van der Waals surface area contributed by atoms with E-state index in [0.29, 0.717) is 22.6 Å². The molecule has 106 valence electrons. The lowest BCUT2D eigenvalue weighted by Crippen LogP contribution is -2.08. The number of terminal acetylenes is 1. The van der Waals surface area contributed by atoms with Crippen molar-refractivity contribution < 1.29 is 19.4 Å². The van der Waals surface area contributed by atoms with Crippen LogP contribution in [0.1, 0.15) is 22.0 Å². The number of carbonyl (C=O) groups excluding carboxylic acids is 1. The van der Waals surface area contributed by atoms with Crippen LogP contribution in [-0.4, -0.2) is 18.2 Å². The number of aliphatic hydroxyl groups is 1. The minimum absolute atomic E-state index is 0.374. The molecule has 4 heteroatoms. The number of rotatable bonds is 4. The molecule has 0 aromatic heterocycles. The minimum Gasteiger partial charge on any atom is -0.497 e. The third-order valence-corrected chi connectivity index (χ3v) is 2.89. The normalized spacial score (nSPS) is 11.3. The summed E-state index contributed by atoms with van der Waals surface area (Å²) in [6.07, 6.45) is 4.15. The van der Waals surface area contributed by atoms with Gasteiger partial charge in [-0.05, 0) is 42.0 Å². The number of hydrogen-bond donors (Lipinski definition) is 1. The van der Waals surface area contributed by atoms with Gasteiger partial charge < -0.3 is 14.6 Å². The van der Waals surface area contributed by atoms with E-state index in [0.717, 1.165) is 0 Å². The van der Waals surface area contributed by atoms with Gasteiger partial charge in [-0.3, -0.25) is 0 Å². The fraction of sp³-hybridized carbons (Fsp3) is 0.118. The highest BCUT2D eigenvalue weighted by Gasteiger charge is 2.10. The summed E-state index contributed by atoms with van der Waals surface area (Å²) in [6.45, 7) is 0. The van der Waals surface area contributed by atoms with Crippen LogP contribution in [0, 0.1) is 12.3 Å². The second kappa shape index (κ2) is 6.60. The Labute approximate surface area is 122 Å². The molecule has 2 aromatic carbocycles. The van der Waals surface area contributed by atoms with E-state index < -0.39 is 12.1 Å². The fourth-order valence-electron chi connectivity index (χ4n) is 1.71. The second-order valence-electron chi connectivity index (χ2n) is 4.26. The van der Waals surface area contributed by atoms with Gasteiger partial charge in [0.1, 0.15) is 17.6 Å². The molecule has 1 unspecified atom stereocenters. The maximum atomic E-state index is 12.0. The van der Waals surface area contributed by atoms with E-state index in [1.54, 1.807) is 55.6 Å². The molecule has 0 amide bonds. The molecule has 0 fully saturated rings. The third kappa shape index (κ3) is 3.62. The van der Waals surface area contributed by atoms with E-state index in [-0.39, 0.29) is 0 Å². The van der Waals surface area contributed by atoms with Gasteiger partial charge >= 0.3 is 5.97 Å². The molecule has 0 saturated carbocycles. The predicted octanol–water partition coefficient (Wildman–Crippen LogP) is 2.58. The number of methoxy groups -OCH3 is 1. The molecule has 0 saturated heterocycles. The van der Waals surface area contributed by atoms with Crippen molar-refractivity contribution in [2.24, 2.45) is 0 Å². The number of benzene rings is 2. The van der Waals surface area contributed by atoms with E-state index >= 15 is 0 Å². The van der Waals surface area contributed by atoms with E-state index in [1.807, 2.05) is 0 Å². The number of ether oxygens (including phenoxy) is 2. The van der Waals surface area contributed by atoms with Crippen molar-refractivity contribution in [1.82, 2.24) is 0 Å². The SMILES string of the molecule is C#CC(O)c1ccc(C(=O)Oc2ccc(OC)cc2)cc1. The maximum absolute atomic E-state index is 12.0. The molecule has 0 aliphatic carbocycles. The fourth-order valence-corrected chi connectivity index (χ4v) is 1.71. The summed E-state index contributed by atoms with van der Waals surface area (Å²) >= 11 is 0. The second-order valence-corrected chi connectivity index (χ2v) is 4.26. The van der Waals surface area contributed by atoms with Gasteiger partial charge in [0.2, 0.25) is 0 Å². The summed E-state index contributed by atoms with van der Waals surface area (Å²) in [5, 5.41) is 9.48. The van der Waals surface area contributed by atoms with Crippen LogP contribution in [0.15, 0.2) is 48.5 Å². The zero-order valence-corrected chi connectivity index (χ0v) is 11.4. The lowest BCUT2D eigenvalue weighted by atomic mass is 10.1. The molecular weight excluding hydrogens is 268 g/mol. The van der Waals surface area contributed by atoms with E-state index in [4.69, 9.17) is 15.9 Å². The highest BCUT2D eigenvalue weighted by molar-refractivity contribution is 5.91. The first-order chi connectivity index (χ1) is 10.1. The summed E-state index contributed by atoms with van der Waals surface area (Å²) in [5.74, 6) is 2.83. The highest BCUT2D eigenvalue weighted by atomic mass is 16.5. The Balaban J connectivity index is 2.07. The predicted molar refractivity (Wildman–Crippen MR) is 78.2 cm³/mol. The number of hydrogen-bond acceptors (Lipinski definition) is 4. The largest absolute Gasteiger partial charge is 0.497 e. The van der Waals surface area contributed by atoms with E-state index in [9.17, 15) is 9.90 Å². The first-order valence-electron chi connectivity index (χ1n) is 6.24. The van der Waals surface area contributed by atoms with Gasteiger partial charge in [-0.2, -0.15) is 0 Å². The van der Waals surface area contributed by atoms with Crippen LogP contribution < -0.4 is 9.47 Å². The maximum Gasteiger partial charge on any atom is 0.343 e. The molecule has 0 aliphatic heterocycles. The molecule has 0 heterocycles. The summed E-state index contributed by atoms with van der Waals surface area (Å²) in [4.78, 5) is 12.0. The van der Waals surface area contributed by atoms with Crippen molar-refractivity contribution in [3.05, 3.63) is 59.7 Å². The van der Waals surface area contributed by atoms with Gasteiger partial charge in [0.25, 0.3) is 0 Å². The lowest BCUT2D eigenvalue weighted by Gasteiger charge is -2.07. The highest BCUT2D eigenvalue weighted by Crippen LogP contribution is 2.19. The number of carbonyl (C=O) groups is 1. The molecule has 4 nitrogen and oxygen atoms in total. The third-order valence-electron chi connectivity index (χ3n) is 2.89. The van der Waals surface area contributed by atoms with Gasteiger partial charge in [0.15, 0.2) is 0 Å². The van der Waals surface area contributed by atoms with Crippen LogP contribution in [-0.2, 0) is 0 Å². The number of esters is 1. The van der Waals surface area contributed by atoms with E-state index in [1.165, 1.54) is 0 Å². The molecule has 21 heavy (non-hydrogen) atoms. The standard InChI is InChI=1S/C17H14O4/c1-3-16(18)12-4-6-13(7-5-12)17(19)21-15-10-8-14(20-2)9-11-15/h1,4-11,16,18H,2H3. The topological polar surface area (TPSA) is 55.8 Å². The van der Waals surface area contributed by atoms with Crippen LogP contribution in [0.4, 0.5) is 0 Å². The minimum atomic E-state index is -0.975. The van der Waals surface area contributed by atoms with Gasteiger partial charge in [0, 0.05) is 0 Å². The Kier molecular flexibility index (Phi) is 4.60. The quantitative estimate of drug-likeness (QED) is 0.532. The molecule has 0 aliphatic rings. The molecule has 2 rings (SSSR count). The van der Waals surface area contributed by atoms with Gasteiger partial charge in [-0.1, -0.05) is 18.1 Å².